The lowest BCUT2D eigenvalue weighted by Crippen LogP contribution is -2.46. The van der Waals surface area contributed by atoms with Gasteiger partial charge in [-0.05, 0) is 25.5 Å². The molecule has 0 spiro atoms. The minimum Gasteiger partial charge on any atom is -0.481 e. The van der Waals surface area contributed by atoms with E-state index in [1.807, 2.05) is 6.07 Å². The molecular formula is C16H27N3O. The summed E-state index contributed by atoms with van der Waals surface area (Å²) < 4.78 is 5.37. The number of nitrogens with one attached hydrogen (secondary N) is 1. The second kappa shape index (κ2) is 7.60. The molecule has 1 unspecified atom stereocenters. The van der Waals surface area contributed by atoms with Crippen LogP contribution in [-0.4, -0.2) is 42.2 Å². The fourth-order valence-electron chi connectivity index (χ4n) is 2.82. The number of likely N-dealkylation sites (tertiary alicyclic amines) is 1. The van der Waals surface area contributed by atoms with Gasteiger partial charge >= 0.3 is 0 Å². The molecule has 2 heterocycles. The summed E-state index contributed by atoms with van der Waals surface area (Å²) in [6, 6.07) is 5.28. The minimum atomic E-state index is 0.548. The van der Waals surface area contributed by atoms with Crippen LogP contribution in [-0.2, 0) is 6.54 Å². The highest BCUT2D eigenvalue weighted by atomic mass is 16.5. The van der Waals surface area contributed by atoms with Crippen LogP contribution < -0.4 is 10.1 Å². The summed E-state index contributed by atoms with van der Waals surface area (Å²) >= 11 is 0. The van der Waals surface area contributed by atoms with Gasteiger partial charge in [-0.25, -0.2) is 4.98 Å². The Kier molecular flexibility index (Phi) is 5.80. The highest BCUT2D eigenvalue weighted by molar-refractivity contribution is 5.25. The molecule has 4 nitrogen and oxygen atoms in total. The third kappa shape index (κ3) is 4.18. The molecule has 1 atom stereocenters. The van der Waals surface area contributed by atoms with Crippen molar-refractivity contribution in [3.63, 3.8) is 0 Å². The van der Waals surface area contributed by atoms with Crippen molar-refractivity contribution in [1.82, 2.24) is 15.2 Å². The van der Waals surface area contributed by atoms with E-state index < -0.39 is 0 Å². The van der Waals surface area contributed by atoms with E-state index in [-0.39, 0.29) is 0 Å². The van der Waals surface area contributed by atoms with Crippen molar-refractivity contribution in [3.8, 4) is 5.88 Å². The maximum Gasteiger partial charge on any atom is 0.217 e. The van der Waals surface area contributed by atoms with Crippen molar-refractivity contribution in [2.24, 2.45) is 0 Å². The number of hydrogen-bond acceptors (Lipinski definition) is 4. The first-order valence-corrected chi connectivity index (χ1v) is 7.66. The highest BCUT2D eigenvalue weighted by Crippen LogP contribution is 2.22. The number of pyridine rings is 1. The topological polar surface area (TPSA) is 37.4 Å². The maximum absolute atomic E-state index is 5.37. The minimum absolute atomic E-state index is 0.548. The molecule has 1 aromatic rings. The molecule has 1 aliphatic rings. The number of nitrogens with zero attached hydrogens (tertiary/aromatic N) is 2. The second-order valence-electron chi connectivity index (χ2n) is 5.85. The van der Waals surface area contributed by atoms with Gasteiger partial charge in [-0.15, -0.1) is 0 Å². The first-order valence-electron chi connectivity index (χ1n) is 7.66. The summed E-state index contributed by atoms with van der Waals surface area (Å²) in [6.45, 7) is 7.58. The molecule has 2 rings (SSSR count). The van der Waals surface area contributed by atoms with Gasteiger partial charge in [0, 0.05) is 36.9 Å². The van der Waals surface area contributed by atoms with E-state index in [0.29, 0.717) is 12.1 Å². The summed E-state index contributed by atoms with van der Waals surface area (Å²) in [5.74, 6) is 0.758. The van der Waals surface area contributed by atoms with Crippen molar-refractivity contribution < 1.29 is 4.74 Å². The van der Waals surface area contributed by atoms with E-state index in [1.54, 1.807) is 13.3 Å². The first-order chi connectivity index (χ1) is 9.70. The van der Waals surface area contributed by atoms with Crippen molar-refractivity contribution in [2.75, 3.05) is 20.2 Å². The van der Waals surface area contributed by atoms with Crippen molar-refractivity contribution in [2.45, 2.75) is 51.7 Å². The lowest BCUT2D eigenvalue weighted by molar-refractivity contribution is 0.134. The Morgan fingerprint density at radius 3 is 3.05 bits per heavy atom. The van der Waals surface area contributed by atoms with Crippen LogP contribution in [0, 0.1) is 0 Å². The molecule has 1 aliphatic heterocycles. The average molecular weight is 277 g/mol. The third-order valence-corrected chi connectivity index (χ3v) is 3.93. The quantitative estimate of drug-likeness (QED) is 0.866. The van der Waals surface area contributed by atoms with Gasteiger partial charge in [-0.1, -0.05) is 26.3 Å². The number of aromatic nitrogens is 1. The van der Waals surface area contributed by atoms with Crippen LogP contribution in [0.3, 0.4) is 0 Å². The zero-order valence-electron chi connectivity index (χ0n) is 12.9. The number of methoxy groups -OCH3 is 1. The average Bonchev–Trinajstić information content (AvgIpc) is 2.47. The fraction of sp³-hybridized carbons (Fsp3) is 0.688. The lowest BCUT2D eigenvalue weighted by atomic mass is 10.0. The van der Waals surface area contributed by atoms with Crippen LogP contribution in [0.2, 0.25) is 0 Å². The van der Waals surface area contributed by atoms with Gasteiger partial charge in [0.25, 0.3) is 0 Å². The van der Waals surface area contributed by atoms with Crippen LogP contribution in [0.1, 0.15) is 38.7 Å². The molecule has 0 amide bonds. The molecule has 1 saturated heterocycles. The number of hydrogen-bond donors (Lipinski definition) is 1. The maximum atomic E-state index is 5.37. The molecule has 1 aromatic heterocycles. The number of piperidine rings is 1. The fourth-order valence-corrected chi connectivity index (χ4v) is 2.82. The van der Waals surface area contributed by atoms with Crippen LogP contribution in [0.25, 0.3) is 0 Å². The van der Waals surface area contributed by atoms with Crippen molar-refractivity contribution >= 4 is 0 Å². The van der Waals surface area contributed by atoms with Crippen LogP contribution in [0.4, 0.5) is 0 Å². The number of rotatable bonds is 6. The molecule has 0 bridgehead atoms. The molecule has 0 saturated carbocycles. The van der Waals surface area contributed by atoms with E-state index in [4.69, 9.17) is 4.74 Å². The molecule has 0 radical (unpaired) electrons. The largest absolute Gasteiger partial charge is 0.481 e. The van der Waals surface area contributed by atoms with E-state index in [1.165, 1.54) is 31.4 Å². The second-order valence-corrected chi connectivity index (χ2v) is 5.85. The van der Waals surface area contributed by atoms with E-state index >= 15 is 0 Å². The molecule has 112 valence electrons. The Labute approximate surface area is 122 Å². The van der Waals surface area contributed by atoms with Crippen LogP contribution in [0.5, 0.6) is 5.88 Å². The summed E-state index contributed by atoms with van der Waals surface area (Å²) in [7, 11) is 1.69. The summed E-state index contributed by atoms with van der Waals surface area (Å²) in [5, 5.41) is 3.57. The van der Waals surface area contributed by atoms with Gasteiger partial charge in [0.2, 0.25) is 5.88 Å². The molecule has 0 aliphatic carbocycles. The highest BCUT2D eigenvalue weighted by Gasteiger charge is 2.23. The third-order valence-electron chi connectivity index (χ3n) is 3.93. The van der Waals surface area contributed by atoms with Gasteiger partial charge in [0.1, 0.15) is 0 Å². The molecule has 1 fully saturated rings. The summed E-state index contributed by atoms with van der Waals surface area (Å²) in [6.07, 6.45) is 5.70. The van der Waals surface area contributed by atoms with Gasteiger partial charge in [-0.3, -0.25) is 4.90 Å². The zero-order valence-corrected chi connectivity index (χ0v) is 12.9. The Hall–Kier alpha value is -1.13. The summed E-state index contributed by atoms with van der Waals surface area (Å²) in [4.78, 5) is 6.87. The van der Waals surface area contributed by atoms with Crippen molar-refractivity contribution in [3.05, 3.63) is 23.9 Å². The van der Waals surface area contributed by atoms with Gasteiger partial charge < -0.3 is 10.1 Å². The number of ether oxygens (including phenoxy) is 1. The van der Waals surface area contributed by atoms with Crippen LogP contribution >= 0.6 is 0 Å². The van der Waals surface area contributed by atoms with E-state index in [0.717, 1.165) is 19.0 Å². The predicted molar refractivity (Wildman–Crippen MR) is 82.0 cm³/mol. The zero-order chi connectivity index (χ0) is 14.4. The predicted octanol–water partition coefficient (Wildman–Crippen LogP) is 2.44. The first kappa shape index (κ1) is 15.3. The molecule has 4 heteroatoms. The van der Waals surface area contributed by atoms with Crippen molar-refractivity contribution in [1.29, 1.82) is 0 Å². The summed E-state index contributed by atoms with van der Waals surface area (Å²) in [5.41, 5.74) is 1.19. The normalized spacial score (nSPS) is 20.3. The molecule has 1 N–H and O–H groups in total. The Morgan fingerprint density at radius 1 is 1.45 bits per heavy atom. The Balaban J connectivity index is 2.00. The standard InChI is InChI=1S/C16H27N3O/c1-13(2)18-11-15-8-4-5-10-19(15)12-14-7-6-9-17-16(14)20-3/h6-7,9,13,15,18H,4-5,8,10-12H2,1-3H3. The molecule has 20 heavy (non-hydrogen) atoms. The molecule has 0 aromatic carbocycles. The Morgan fingerprint density at radius 2 is 2.30 bits per heavy atom. The van der Waals surface area contributed by atoms with Gasteiger partial charge in [0.15, 0.2) is 0 Å². The Bertz CT molecular complexity index is 408. The van der Waals surface area contributed by atoms with E-state index in [2.05, 4.69) is 35.1 Å². The van der Waals surface area contributed by atoms with Crippen LogP contribution in [0.15, 0.2) is 18.3 Å². The smallest absolute Gasteiger partial charge is 0.217 e. The lowest BCUT2D eigenvalue weighted by Gasteiger charge is -2.36. The molecular weight excluding hydrogens is 250 g/mol. The van der Waals surface area contributed by atoms with E-state index in [9.17, 15) is 0 Å². The monoisotopic (exact) mass is 277 g/mol. The van der Waals surface area contributed by atoms with Gasteiger partial charge in [0.05, 0.1) is 7.11 Å². The van der Waals surface area contributed by atoms with Gasteiger partial charge in [-0.2, -0.15) is 0 Å². The SMILES string of the molecule is COc1ncccc1CN1CCCCC1CNC(C)C.